The van der Waals surface area contributed by atoms with Crippen molar-refractivity contribution in [3.63, 3.8) is 0 Å². The lowest BCUT2D eigenvalue weighted by Gasteiger charge is -2.07. The lowest BCUT2D eigenvalue weighted by Crippen LogP contribution is -2.23. The predicted octanol–water partition coefficient (Wildman–Crippen LogP) is 3.35. The maximum atomic E-state index is 12.4. The maximum Gasteiger partial charge on any atom is 0.255 e. The molecule has 0 bridgehead atoms. The van der Waals surface area contributed by atoms with Crippen LogP contribution in [0.3, 0.4) is 0 Å². The van der Waals surface area contributed by atoms with Gasteiger partial charge in [0.1, 0.15) is 11.6 Å². The van der Waals surface area contributed by atoms with Crippen LogP contribution in [-0.4, -0.2) is 21.0 Å². The number of benzene rings is 3. The second-order valence-electron chi connectivity index (χ2n) is 5.60. The van der Waals surface area contributed by atoms with Gasteiger partial charge < -0.3 is 15.4 Å². The Morgan fingerprint density at radius 2 is 1.75 bits per heavy atom. The molecule has 0 unspecified atom stereocenters. The fourth-order valence-corrected chi connectivity index (χ4v) is 2.76. The molecule has 0 saturated carbocycles. The highest BCUT2D eigenvalue weighted by Gasteiger charge is 2.13. The van der Waals surface area contributed by atoms with Crippen LogP contribution in [0.4, 0.5) is 0 Å². The molecule has 0 aliphatic heterocycles. The Morgan fingerprint density at radius 3 is 2.54 bits per heavy atom. The summed E-state index contributed by atoms with van der Waals surface area (Å²) in [5, 5.41) is 14.7. The molecule has 3 aromatic carbocycles. The van der Waals surface area contributed by atoms with E-state index in [2.05, 4.69) is 15.3 Å². The van der Waals surface area contributed by atoms with Gasteiger partial charge in [0.05, 0.1) is 23.1 Å². The highest BCUT2D eigenvalue weighted by Crippen LogP contribution is 2.25. The quantitative estimate of drug-likeness (QED) is 0.542. The van der Waals surface area contributed by atoms with E-state index in [0.29, 0.717) is 5.82 Å². The number of imidazole rings is 1. The fraction of sp³-hybridized carbons (Fsp3) is 0.0526. The van der Waals surface area contributed by atoms with Crippen LogP contribution in [0.15, 0.2) is 60.7 Å². The lowest BCUT2D eigenvalue weighted by atomic mass is 10.1. The molecule has 4 aromatic rings. The van der Waals surface area contributed by atoms with Gasteiger partial charge in [-0.15, -0.1) is 0 Å². The number of nitrogens with one attached hydrogen (secondary N) is 2. The van der Waals surface area contributed by atoms with Crippen molar-refractivity contribution in [1.29, 1.82) is 0 Å². The number of para-hydroxylation sites is 2. The molecular weight excluding hydrogens is 302 g/mol. The normalized spacial score (nSPS) is 11.0. The summed E-state index contributed by atoms with van der Waals surface area (Å²) >= 11 is 0. The van der Waals surface area contributed by atoms with E-state index in [-0.39, 0.29) is 23.8 Å². The molecular formula is C19H15N3O2. The molecule has 1 aromatic heterocycles. The fourth-order valence-electron chi connectivity index (χ4n) is 2.76. The van der Waals surface area contributed by atoms with Gasteiger partial charge in [-0.2, -0.15) is 0 Å². The number of amides is 1. The summed E-state index contributed by atoms with van der Waals surface area (Å²) in [6, 6.07) is 18.6. The highest BCUT2D eigenvalue weighted by molar-refractivity contribution is 6.01. The van der Waals surface area contributed by atoms with Crippen molar-refractivity contribution < 1.29 is 9.90 Å². The molecule has 0 spiro atoms. The smallest absolute Gasteiger partial charge is 0.255 e. The van der Waals surface area contributed by atoms with Gasteiger partial charge in [-0.3, -0.25) is 4.79 Å². The Morgan fingerprint density at radius 1 is 1.04 bits per heavy atom. The predicted molar refractivity (Wildman–Crippen MR) is 92.9 cm³/mol. The summed E-state index contributed by atoms with van der Waals surface area (Å²) in [5.74, 6) is 0.305. The number of carbonyl (C=O) groups excluding carboxylic acids is 1. The number of aromatic hydroxyl groups is 1. The van der Waals surface area contributed by atoms with Gasteiger partial charge in [0, 0.05) is 0 Å². The van der Waals surface area contributed by atoms with Crippen LogP contribution < -0.4 is 5.32 Å². The molecule has 5 heteroatoms. The third kappa shape index (κ3) is 2.56. The molecule has 24 heavy (non-hydrogen) atoms. The number of nitrogens with zero attached hydrogens (tertiary/aromatic N) is 1. The maximum absolute atomic E-state index is 12.4. The van der Waals surface area contributed by atoms with Gasteiger partial charge in [-0.1, -0.05) is 36.4 Å². The van der Waals surface area contributed by atoms with Crippen molar-refractivity contribution in [2.24, 2.45) is 0 Å². The average Bonchev–Trinajstić information content (AvgIpc) is 3.02. The molecule has 4 rings (SSSR count). The van der Waals surface area contributed by atoms with Crippen LogP contribution in [0.5, 0.6) is 5.75 Å². The Hall–Kier alpha value is -3.34. The summed E-state index contributed by atoms with van der Waals surface area (Å²) in [6.45, 7) is 0.264. The molecule has 0 radical (unpaired) electrons. The molecule has 0 saturated heterocycles. The SMILES string of the molecule is O=C(NCc1nc2ccccc2[nH]1)c1cc2ccccc2cc1O. The van der Waals surface area contributed by atoms with Crippen LogP contribution in [0, 0.1) is 0 Å². The minimum absolute atomic E-state index is 0.0317. The van der Waals surface area contributed by atoms with Crippen molar-refractivity contribution in [3.05, 3.63) is 72.1 Å². The van der Waals surface area contributed by atoms with E-state index in [1.165, 1.54) is 0 Å². The third-order valence-corrected chi connectivity index (χ3v) is 3.96. The van der Waals surface area contributed by atoms with Crippen LogP contribution in [-0.2, 0) is 6.54 Å². The Kier molecular flexibility index (Phi) is 3.39. The molecule has 0 aliphatic carbocycles. The first-order valence-electron chi connectivity index (χ1n) is 7.64. The van der Waals surface area contributed by atoms with E-state index in [1.807, 2.05) is 48.5 Å². The summed E-state index contributed by atoms with van der Waals surface area (Å²) < 4.78 is 0. The summed E-state index contributed by atoms with van der Waals surface area (Å²) in [5.41, 5.74) is 2.04. The number of hydrogen-bond acceptors (Lipinski definition) is 3. The number of aromatic amines is 1. The second kappa shape index (κ2) is 5.70. The zero-order valence-electron chi connectivity index (χ0n) is 12.8. The van der Waals surface area contributed by atoms with Crippen molar-refractivity contribution in [3.8, 4) is 5.75 Å². The number of hydrogen-bond donors (Lipinski definition) is 3. The topological polar surface area (TPSA) is 78.0 Å². The Bertz CT molecular complexity index is 1020. The number of aromatic nitrogens is 2. The van der Waals surface area contributed by atoms with Crippen LogP contribution in [0.2, 0.25) is 0 Å². The second-order valence-corrected chi connectivity index (χ2v) is 5.60. The van der Waals surface area contributed by atoms with E-state index in [0.717, 1.165) is 21.8 Å². The number of rotatable bonds is 3. The zero-order valence-corrected chi connectivity index (χ0v) is 12.8. The minimum atomic E-state index is -0.335. The number of fused-ring (bicyclic) bond motifs is 2. The van der Waals surface area contributed by atoms with E-state index < -0.39 is 0 Å². The van der Waals surface area contributed by atoms with Gasteiger partial charge in [-0.25, -0.2) is 4.98 Å². The molecule has 0 fully saturated rings. The first-order valence-corrected chi connectivity index (χ1v) is 7.64. The van der Waals surface area contributed by atoms with Gasteiger partial charge in [-0.05, 0) is 35.0 Å². The van der Waals surface area contributed by atoms with Crippen molar-refractivity contribution in [1.82, 2.24) is 15.3 Å². The summed E-state index contributed by atoms with van der Waals surface area (Å²) in [6.07, 6.45) is 0. The van der Waals surface area contributed by atoms with Crippen molar-refractivity contribution >= 4 is 27.7 Å². The van der Waals surface area contributed by atoms with Gasteiger partial charge >= 0.3 is 0 Å². The van der Waals surface area contributed by atoms with Crippen LogP contribution in [0.25, 0.3) is 21.8 Å². The van der Waals surface area contributed by atoms with E-state index in [9.17, 15) is 9.90 Å². The molecule has 118 valence electrons. The molecule has 0 atom stereocenters. The number of carbonyl (C=O) groups is 1. The molecule has 1 heterocycles. The monoisotopic (exact) mass is 317 g/mol. The molecule has 3 N–H and O–H groups in total. The minimum Gasteiger partial charge on any atom is -0.507 e. The lowest BCUT2D eigenvalue weighted by molar-refractivity contribution is 0.0947. The standard InChI is InChI=1S/C19H15N3O2/c23-17-10-13-6-2-1-5-12(13)9-14(17)19(24)20-11-18-21-15-7-3-4-8-16(15)22-18/h1-10,23H,11H2,(H,20,24)(H,21,22). The Balaban J connectivity index is 1.56. The van der Waals surface area contributed by atoms with Crippen molar-refractivity contribution in [2.75, 3.05) is 0 Å². The molecule has 5 nitrogen and oxygen atoms in total. The number of phenols is 1. The largest absolute Gasteiger partial charge is 0.507 e. The van der Waals surface area contributed by atoms with E-state index >= 15 is 0 Å². The summed E-state index contributed by atoms with van der Waals surface area (Å²) in [4.78, 5) is 20.0. The average molecular weight is 317 g/mol. The zero-order chi connectivity index (χ0) is 16.5. The highest BCUT2D eigenvalue weighted by atomic mass is 16.3. The Labute approximate surface area is 138 Å². The molecule has 0 aliphatic rings. The number of phenolic OH excluding ortho intramolecular Hbond substituents is 1. The van der Waals surface area contributed by atoms with E-state index in [1.54, 1.807) is 12.1 Å². The van der Waals surface area contributed by atoms with Crippen molar-refractivity contribution in [2.45, 2.75) is 6.54 Å². The first kappa shape index (κ1) is 14.3. The van der Waals surface area contributed by atoms with Crippen LogP contribution >= 0.6 is 0 Å². The molecule has 1 amide bonds. The first-order chi connectivity index (χ1) is 11.7. The summed E-state index contributed by atoms with van der Waals surface area (Å²) in [7, 11) is 0. The van der Waals surface area contributed by atoms with Gasteiger partial charge in [0.2, 0.25) is 0 Å². The number of H-pyrrole nitrogens is 1. The van der Waals surface area contributed by atoms with Crippen LogP contribution in [0.1, 0.15) is 16.2 Å². The van der Waals surface area contributed by atoms with Gasteiger partial charge in [0.15, 0.2) is 0 Å². The van der Waals surface area contributed by atoms with E-state index in [4.69, 9.17) is 0 Å². The third-order valence-electron chi connectivity index (χ3n) is 3.96. The van der Waals surface area contributed by atoms with Gasteiger partial charge in [0.25, 0.3) is 5.91 Å².